The van der Waals surface area contributed by atoms with Crippen molar-refractivity contribution in [1.29, 1.82) is 0 Å². The second-order valence-corrected chi connectivity index (χ2v) is 12.3. The molecule has 5 saturated carbocycles. The van der Waals surface area contributed by atoms with E-state index in [1.807, 2.05) is 18.2 Å². The van der Waals surface area contributed by atoms with Gasteiger partial charge in [0.2, 0.25) is 0 Å². The lowest BCUT2D eigenvalue weighted by Crippen LogP contribution is -2.65. The zero-order valence-corrected chi connectivity index (χ0v) is 20.7. The fraction of sp³-hybridized carbons (Fsp3) is 0.448. The van der Waals surface area contributed by atoms with Crippen LogP contribution in [0.1, 0.15) is 61.7 Å². The molecule has 0 aliphatic heterocycles. The number of ketones is 1. The first-order chi connectivity index (χ1) is 17.2. The predicted molar refractivity (Wildman–Crippen MR) is 139 cm³/mol. The van der Waals surface area contributed by atoms with E-state index >= 15 is 0 Å². The summed E-state index contributed by atoms with van der Waals surface area (Å²) >= 11 is 6.07. The lowest BCUT2D eigenvalue weighted by atomic mass is 9.50. The molecular weight excluding hydrogens is 477 g/mol. The number of Topliss-reactive ketones (excluding diaryl/α,β-unsaturated/α-hetero) is 1. The van der Waals surface area contributed by atoms with Gasteiger partial charge in [-0.15, -0.1) is 0 Å². The van der Waals surface area contributed by atoms with Crippen molar-refractivity contribution < 1.29 is 14.3 Å². The first-order valence-electron chi connectivity index (χ1n) is 12.9. The van der Waals surface area contributed by atoms with Crippen molar-refractivity contribution in [1.82, 2.24) is 4.98 Å². The van der Waals surface area contributed by atoms with Crippen LogP contribution in [0.3, 0.4) is 0 Å². The summed E-state index contributed by atoms with van der Waals surface area (Å²) in [6, 6.07) is 8.54. The number of carbonyl (C=O) groups is 1. The molecule has 0 saturated heterocycles. The van der Waals surface area contributed by atoms with Crippen LogP contribution in [0, 0.1) is 23.6 Å². The van der Waals surface area contributed by atoms with Crippen LogP contribution in [0.2, 0.25) is 5.02 Å². The third-order valence-electron chi connectivity index (χ3n) is 8.93. The summed E-state index contributed by atoms with van der Waals surface area (Å²) in [6.45, 7) is 0. The first kappa shape index (κ1) is 22.5. The van der Waals surface area contributed by atoms with Crippen molar-refractivity contribution in [3.05, 3.63) is 52.9 Å². The zero-order chi connectivity index (χ0) is 24.8. The van der Waals surface area contributed by atoms with E-state index in [0.29, 0.717) is 23.0 Å². The summed E-state index contributed by atoms with van der Waals surface area (Å²) < 4.78 is 14.3. The van der Waals surface area contributed by atoms with Gasteiger partial charge in [-0.2, -0.15) is 0 Å². The van der Waals surface area contributed by atoms with Gasteiger partial charge >= 0.3 is 0 Å². The molecule has 2 aromatic carbocycles. The second kappa shape index (κ2) is 7.65. The zero-order valence-electron chi connectivity index (χ0n) is 20.0. The molecule has 5 fully saturated rings. The number of rotatable bonds is 5. The summed E-state index contributed by atoms with van der Waals surface area (Å²) in [7, 11) is 0. The molecule has 4 bridgehead atoms. The number of pyridine rings is 1. The van der Waals surface area contributed by atoms with E-state index in [9.17, 15) is 14.3 Å². The van der Waals surface area contributed by atoms with Crippen molar-refractivity contribution in [3.8, 4) is 16.9 Å². The van der Waals surface area contributed by atoms with Gasteiger partial charge in [-0.05, 0) is 98.6 Å². The minimum atomic E-state index is -0.770. The Hall–Kier alpha value is -2.70. The Kier molecular flexibility index (Phi) is 4.78. The maximum absolute atomic E-state index is 14.3. The van der Waals surface area contributed by atoms with E-state index in [1.165, 1.54) is 12.5 Å². The number of fused-ring (bicyclic) bond motifs is 1. The maximum Gasteiger partial charge on any atom is 0.170 e. The molecule has 4 N–H and O–H groups in total. The number of nitrogens with two attached hydrogens (primary N) is 1. The molecule has 3 aromatic rings. The number of hydrogen-bond acceptors (Lipinski definition) is 5. The molecule has 5 nitrogen and oxygen atoms in total. The molecule has 36 heavy (non-hydrogen) atoms. The van der Waals surface area contributed by atoms with Crippen LogP contribution in [-0.4, -0.2) is 27.0 Å². The molecule has 0 spiro atoms. The van der Waals surface area contributed by atoms with Crippen molar-refractivity contribution >= 4 is 34.0 Å². The number of carbonyl (C=O) groups excluding carboxylic acids is 1. The van der Waals surface area contributed by atoms with Gasteiger partial charge in [-0.3, -0.25) is 9.78 Å². The number of nitrogens with one attached hydrogen (secondary N) is 1. The summed E-state index contributed by atoms with van der Waals surface area (Å²) in [5.41, 5.74) is 10.1. The van der Waals surface area contributed by atoms with Crippen molar-refractivity contribution in [2.75, 3.05) is 5.32 Å². The van der Waals surface area contributed by atoms with Gasteiger partial charge in [-0.1, -0.05) is 17.7 Å². The fourth-order valence-corrected chi connectivity index (χ4v) is 7.94. The van der Waals surface area contributed by atoms with E-state index in [4.69, 9.17) is 17.3 Å². The van der Waals surface area contributed by atoms with Gasteiger partial charge < -0.3 is 16.2 Å². The average Bonchev–Trinajstić information content (AvgIpc) is 3.65. The number of hydrogen-bond donors (Lipinski definition) is 3. The second-order valence-electron chi connectivity index (χ2n) is 11.9. The minimum absolute atomic E-state index is 0.0407. The van der Waals surface area contributed by atoms with Gasteiger partial charge in [0, 0.05) is 28.6 Å². The van der Waals surface area contributed by atoms with Gasteiger partial charge in [0.05, 0.1) is 21.8 Å². The molecular formula is C29H29ClFN3O2. The third kappa shape index (κ3) is 3.60. The number of nitrogens with zero attached hydrogens (tertiary/aromatic N) is 1. The van der Waals surface area contributed by atoms with Gasteiger partial charge in [0.25, 0.3) is 0 Å². The smallest absolute Gasteiger partial charge is 0.170 e. The Morgan fingerprint density at radius 3 is 2.53 bits per heavy atom. The van der Waals surface area contributed by atoms with Gasteiger partial charge in [0.1, 0.15) is 0 Å². The predicted octanol–water partition coefficient (Wildman–Crippen LogP) is 6.45. The van der Waals surface area contributed by atoms with E-state index in [1.54, 1.807) is 12.3 Å². The van der Waals surface area contributed by atoms with Crippen LogP contribution < -0.4 is 11.1 Å². The van der Waals surface area contributed by atoms with Crippen LogP contribution >= 0.6 is 11.6 Å². The molecule has 5 aliphatic carbocycles. The normalized spacial score (nSPS) is 30.6. The van der Waals surface area contributed by atoms with Crippen LogP contribution in [0.15, 0.2) is 36.5 Å². The summed E-state index contributed by atoms with van der Waals surface area (Å²) in [5, 5.41) is 14.5. The van der Waals surface area contributed by atoms with E-state index < -0.39 is 11.6 Å². The highest BCUT2D eigenvalue weighted by molar-refractivity contribution is 6.32. The van der Waals surface area contributed by atoms with Crippen molar-refractivity contribution in [2.45, 2.75) is 62.4 Å². The van der Waals surface area contributed by atoms with Gasteiger partial charge in [0.15, 0.2) is 17.3 Å². The summed E-state index contributed by atoms with van der Waals surface area (Å²) in [6.07, 6.45) is 10.1. The number of phenols is 1. The highest BCUT2D eigenvalue weighted by Gasteiger charge is 2.56. The van der Waals surface area contributed by atoms with Crippen molar-refractivity contribution in [3.63, 3.8) is 0 Å². The molecule has 2 unspecified atom stereocenters. The number of benzene rings is 2. The molecule has 0 radical (unpaired) electrons. The standard InChI is InChI=1S/C29H29ClFN3O2/c30-22-7-19(8-23(31)27(22)36)18-3-4-24-20(6-18)25(21(13-33-24)26(35)17-1-2-17)34-29-11-15-5-16(12-29)10-28(32,9-15)14-29/h3-4,6-8,13,15-17,36H,1-2,5,9-12,14,32H2,(H,33,34). The van der Waals surface area contributed by atoms with Crippen LogP contribution in [0.25, 0.3) is 22.0 Å². The molecule has 1 aromatic heterocycles. The molecule has 186 valence electrons. The molecule has 8 rings (SSSR count). The first-order valence-corrected chi connectivity index (χ1v) is 13.3. The monoisotopic (exact) mass is 505 g/mol. The fourth-order valence-electron chi connectivity index (χ4n) is 7.74. The molecule has 1 heterocycles. The molecule has 7 heteroatoms. The topological polar surface area (TPSA) is 88.2 Å². The largest absolute Gasteiger partial charge is 0.504 e. The summed E-state index contributed by atoms with van der Waals surface area (Å²) in [4.78, 5) is 18.0. The Labute approximate surface area is 214 Å². The average molecular weight is 506 g/mol. The maximum atomic E-state index is 14.3. The number of anilines is 1. The highest BCUT2D eigenvalue weighted by atomic mass is 35.5. The van der Waals surface area contributed by atoms with Crippen molar-refractivity contribution in [2.24, 2.45) is 23.5 Å². The highest BCUT2D eigenvalue weighted by Crippen LogP contribution is 2.58. The van der Waals surface area contributed by atoms with E-state index in [0.717, 1.165) is 67.1 Å². The Morgan fingerprint density at radius 1 is 1.11 bits per heavy atom. The Bertz CT molecular complexity index is 1400. The van der Waals surface area contributed by atoms with Gasteiger partial charge in [-0.25, -0.2) is 4.39 Å². The Morgan fingerprint density at radius 2 is 1.86 bits per heavy atom. The lowest BCUT2D eigenvalue weighted by Gasteiger charge is -2.61. The number of halogens is 2. The van der Waals surface area contributed by atoms with E-state index in [2.05, 4.69) is 10.3 Å². The molecule has 5 aliphatic rings. The Balaban J connectivity index is 1.38. The number of aromatic nitrogens is 1. The van der Waals surface area contributed by atoms with E-state index in [-0.39, 0.29) is 27.8 Å². The van der Waals surface area contributed by atoms with Crippen LogP contribution in [0.4, 0.5) is 10.1 Å². The number of phenolic OH excluding ortho intramolecular Hbond substituents is 1. The third-order valence-corrected chi connectivity index (χ3v) is 9.22. The quantitative estimate of drug-likeness (QED) is 0.346. The molecule has 2 atom stereocenters. The van der Waals surface area contributed by atoms with Crippen LogP contribution in [0.5, 0.6) is 5.75 Å². The number of aromatic hydroxyl groups is 1. The molecule has 0 amide bonds. The SMILES string of the molecule is NC12CC3CC(C1)CC(Nc1c(C(=O)C4CC4)cnc4ccc(-c5cc(F)c(O)c(Cl)c5)cc14)(C3)C2. The summed E-state index contributed by atoms with van der Waals surface area (Å²) in [5.74, 6) is 0.126. The van der Waals surface area contributed by atoms with Crippen LogP contribution in [-0.2, 0) is 0 Å². The lowest BCUT2D eigenvalue weighted by molar-refractivity contribution is -0.00772. The minimum Gasteiger partial charge on any atom is -0.504 e.